The highest BCUT2D eigenvalue weighted by molar-refractivity contribution is 6.35. The first kappa shape index (κ1) is 16.4. The molecule has 0 spiro atoms. The zero-order chi connectivity index (χ0) is 15.9. The van der Waals surface area contributed by atoms with Crippen LogP contribution in [0, 0.1) is 0 Å². The number of ether oxygens (including phenoxy) is 2. The molecule has 0 amide bonds. The topological polar surface area (TPSA) is 35.5 Å². The standard InChI is InChI=1S/C17H14Cl2O3/c1-21-16-8-3-2-5-12(16)9-10-17(20)22-11-13-14(18)6-4-7-15(13)19/h2-10H,11H2,1H3/b10-9+. The number of carbonyl (C=O) groups excluding carboxylic acids is 1. The SMILES string of the molecule is COc1ccccc1/C=C/C(=O)OCc1c(Cl)cccc1Cl. The average Bonchev–Trinajstić information content (AvgIpc) is 2.52. The Morgan fingerprint density at radius 1 is 1.09 bits per heavy atom. The second-order valence-corrected chi connectivity index (χ2v) is 5.20. The van der Waals surface area contributed by atoms with E-state index < -0.39 is 5.97 Å². The molecule has 0 heterocycles. The van der Waals surface area contributed by atoms with Crippen LogP contribution in [-0.4, -0.2) is 13.1 Å². The van der Waals surface area contributed by atoms with Gasteiger partial charge in [-0.25, -0.2) is 4.79 Å². The third-order valence-electron chi connectivity index (χ3n) is 2.96. The van der Waals surface area contributed by atoms with Gasteiger partial charge in [0.15, 0.2) is 0 Å². The van der Waals surface area contributed by atoms with Gasteiger partial charge in [-0.3, -0.25) is 0 Å². The maximum absolute atomic E-state index is 11.8. The van der Waals surface area contributed by atoms with Gasteiger partial charge in [0.05, 0.1) is 7.11 Å². The predicted octanol–water partition coefficient (Wildman–Crippen LogP) is 4.76. The Bertz CT molecular complexity index is 676. The third kappa shape index (κ3) is 4.26. The predicted molar refractivity (Wildman–Crippen MR) is 88.3 cm³/mol. The summed E-state index contributed by atoms with van der Waals surface area (Å²) in [5.74, 6) is 0.197. The Kier molecular flexibility index (Phi) is 5.87. The molecule has 3 nitrogen and oxygen atoms in total. The first-order valence-corrected chi connectivity index (χ1v) is 7.28. The van der Waals surface area contributed by atoms with Gasteiger partial charge in [-0.15, -0.1) is 0 Å². The van der Waals surface area contributed by atoms with Crippen molar-refractivity contribution < 1.29 is 14.3 Å². The lowest BCUT2D eigenvalue weighted by molar-refractivity contribution is -0.138. The van der Waals surface area contributed by atoms with E-state index in [1.807, 2.05) is 24.3 Å². The van der Waals surface area contributed by atoms with Gasteiger partial charge in [0.1, 0.15) is 12.4 Å². The first-order chi connectivity index (χ1) is 10.6. The summed E-state index contributed by atoms with van der Waals surface area (Å²) in [5, 5.41) is 0.933. The second-order valence-electron chi connectivity index (χ2n) is 4.38. The Labute approximate surface area is 139 Å². The van der Waals surface area contributed by atoms with Gasteiger partial charge in [-0.2, -0.15) is 0 Å². The molecule has 2 aromatic rings. The summed E-state index contributed by atoms with van der Waals surface area (Å²) < 4.78 is 10.3. The van der Waals surface area contributed by atoms with Gasteiger partial charge in [-0.1, -0.05) is 47.5 Å². The van der Waals surface area contributed by atoms with Gasteiger partial charge >= 0.3 is 5.97 Å². The lowest BCUT2D eigenvalue weighted by Gasteiger charge is -2.07. The fraction of sp³-hybridized carbons (Fsp3) is 0.118. The van der Waals surface area contributed by atoms with E-state index in [4.69, 9.17) is 32.7 Å². The summed E-state index contributed by atoms with van der Waals surface area (Å²) in [4.78, 5) is 11.8. The number of esters is 1. The van der Waals surface area contributed by atoms with Crippen LogP contribution in [0.1, 0.15) is 11.1 Å². The molecule has 0 saturated carbocycles. The van der Waals surface area contributed by atoms with E-state index in [9.17, 15) is 4.79 Å². The summed E-state index contributed by atoms with van der Waals surface area (Å²) in [6, 6.07) is 12.5. The Morgan fingerprint density at radius 3 is 2.45 bits per heavy atom. The van der Waals surface area contributed by atoms with Crippen LogP contribution in [0.25, 0.3) is 6.08 Å². The number of benzene rings is 2. The smallest absolute Gasteiger partial charge is 0.331 e. The molecular weight excluding hydrogens is 323 g/mol. The van der Waals surface area contributed by atoms with Crippen molar-refractivity contribution in [1.82, 2.24) is 0 Å². The Morgan fingerprint density at radius 2 is 1.77 bits per heavy atom. The van der Waals surface area contributed by atoms with Crippen LogP contribution < -0.4 is 4.74 Å². The number of methoxy groups -OCH3 is 1. The number of carbonyl (C=O) groups is 1. The highest BCUT2D eigenvalue weighted by Gasteiger charge is 2.07. The number of halogens is 2. The molecule has 0 fully saturated rings. The zero-order valence-electron chi connectivity index (χ0n) is 11.9. The molecule has 0 saturated heterocycles. The van der Waals surface area contributed by atoms with Crippen LogP contribution in [0.5, 0.6) is 5.75 Å². The van der Waals surface area contributed by atoms with E-state index in [1.54, 1.807) is 31.4 Å². The van der Waals surface area contributed by atoms with E-state index >= 15 is 0 Å². The van der Waals surface area contributed by atoms with Gasteiger partial charge in [-0.05, 0) is 24.3 Å². The lowest BCUT2D eigenvalue weighted by Crippen LogP contribution is -2.01. The summed E-state index contributed by atoms with van der Waals surface area (Å²) in [6.45, 7) is 0.0214. The van der Waals surface area contributed by atoms with Crippen molar-refractivity contribution in [2.45, 2.75) is 6.61 Å². The second kappa shape index (κ2) is 7.87. The normalized spacial score (nSPS) is 10.7. The summed E-state index contributed by atoms with van der Waals surface area (Å²) in [7, 11) is 1.57. The molecule has 22 heavy (non-hydrogen) atoms. The fourth-order valence-corrected chi connectivity index (χ4v) is 2.33. The monoisotopic (exact) mass is 336 g/mol. The Balaban J connectivity index is 2.00. The molecule has 5 heteroatoms. The van der Waals surface area contributed by atoms with Crippen LogP contribution in [0.2, 0.25) is 10.0 Å². The lowest BCUT2D eigenvalue weighted by atomic mass is 10.2. The molecule has 0 aliphatic heterocycles. The first-order valence-electron chi connectivity index (χ1n) is 6.52. The highest BCUT2D eigenvalue weighted by atomic mass is 35.5. The molecular formula is C17H14Cl2O3. The van der Waals surface area contributed by atoms with E-state index in [1.165, 1.54) is 6.08 Å². The molecule has 0 bridgehead atoms. The van der Waals surface area contributed by atoms with Crippen molar-refractivity contribution in [1.29, 1.82) is 0 Å². The fourth-order valence-electron chi connectivity index (χ4n) is 1.82. The summed E-state index contributed by atoms with van der Waals surface area (Å²) >= 11 is 12.0. The molecule has 114 valence electrons. The Hall–Kier alpha value is -1.97. The van der Waals surface area contributed by atoms with Crippen molar-refractivity contribution in [2.75, 3.05) is 7.11 Å². The molecule has 0 aliphatic carbocycles. The van der Waals surface area contributed by atoms with Crippen LogP contribution in [0.15, 0.2) is 48.5 Å². The van der Waals surface area contributed by atoms with Crippen molar-refractivity contribution in [2.24, 2.45) is 0 Å². The number of hydrogen-bond donors (Lipinski definition) is 0. The van der Waals surface area contributed by atoms with Crippen molar-refractivity contribution >= 4 is 35.2 Å². The minimum Gasteiger partial charge on any atom is -0.496 e. The quantitative estimate of drug-likeness (QED) is 0.583. The van der Waals surface area contributed by atoms with Crippen LogP contribution in [-0.2, 0) is 16.1 Å². The minimum atomic E-state index is -0.484. The van der Waals surface area contributed by atoms with Crippen molar-refractivity contribution in [3.05, 3.63) is 69.7 Å². The van der Waals surface area contributed by atoms with Crippen molar-refractivity contribution in [3.8, 4) is 5.75 Å². The van der Waals surface area contributed by atoms with Gasteiger partial charge in [0.2, 0.25) is 0 Å². The third-order valence-corrected chi connectivity index (χ3v) is 3.67. The van der Waals surface area contributed by atoms with Crippen LogP contribution >= 0.6 is 23.2 Å². The molecule has 0 radical (unpaired) electrons. The van der Waals surface area contributed by atoms with Crippen molar-refractivity contribution in [3.63, 3.8) is 0 Å². The van der Waals surface area contributed by atoms with E-state index in [-0.39, 0.29) is 6.61 Å². The summed E-state index contributed by atoms with van der Waals surface area (Å²) in [6.07, 6.45) is 2.97. The van der Waals surface area contributed by atoms with Gasteiger partial charge in [0, 0.05) is 27.2 Å². The van der Waals surface area contributed by atoms with E-state index in [0.29, 0.717) is 21.4 Å². The molecule has 0 atom stereocenters. The van der Waals surface area contributed by atoms with Gasteiger partial charge < -0.3 is 9.47 Å². The number of para-hydroxylation sites is 1. The molecule has 2 rings (SSSR count). The molecule has 0 unspecified atom stereocenters. The maximum Gasteiger partial charge on any atom is 0.331 e. The molecule has 0 aromatic heterocycles. The molecule has 0 aliphatic rings. The van der Waals surface area contributed by atoms with Crippen LogP contribution in [0.4, 0.5) is 0 Å². The van der Waals surface area contributed by atoms with E-state index in [2.05, 4.69) is 0 Å². The number of rotatable bonds is 5. The highest BCUT2D eigenvalue weighted by Crippen LogP contribution is 2.25. The maximum atomic E-state index is 11.8. The largest absolute Gasteiger partial charge is 0.496 e. The molecule has 2 aromatic carbocycles. The van der Waals surface area contributed by atoms with Crippen LogP contribution in [0.3, 0.4) is 0 Å². The summed E-state index contributed by atoms with van der Waals surface area (Å²) in [5.41, 5.74) is 1.38. The number of hydrogen-bond acceptors (Lipinski definition) is 3. The van der Waals surface area contributed by atoms with E-state index in [0.717, 1.165) is 5.56 Å². The van der Waals surface area contributed by atoms with Gasteiger partial charge in [0.25, 0.3) is 0 Å². The molecule has 0 N–H and O–H groups in total. The average molecular weight is 337 g/mol. The zero-order valence-corrected chi connectivity index (χ0v) is 13.4. The minimum absolute atomic E-state index is 0.0214.